The van der Waals surface area contributed by atoms with Gasteiger partial charge in [-0.15, -0.1) is 0 Å². The highest BCUT2D eigenvalue weighted by Crippen LogP contribution is 2.16. The van der Waals surface area contributed by atoms with Crippen molar-refractivity contribution in [3.05, 3.63) is 23.4 Å². The van der Waals surface area contributed by atoms with Gasteiger partial charge in [0.05, 0.1) is 5.56 Å². The fourth-order valence-corrected chi connectivity index (χ4v) is 1.54. The Morgan fingerprint density at radius 2 is 2.06 bits per heavy atom. The molecule has 1 aromatic rings. The molecule has 0 unspecified atom stereocenters. The second kappa shape index (κ2) is 5.85. The smallest absolute Gasteiger partial charge is 0.335 e. The fraction of sp³-hybridized carbons (Fsp3) is 0.571. The van der Waals surface area contributed by atoms with E-state index in [1.807, 2.05) is 0 Å². The lowest BCUT2D eigenvalue weighted by molar-refractivity contribution is 0.0696. The Kier molecular flexibility index (Phi) is 4.70. The van der Waals surface area contributed by atoms with Crippen LogP contribution in [-0.2, 0) is 6.42 Å². The van der Waals surface area contributed by atoms with E-state index in [2.05, 4.69) is 38.0 Å². The Morgan fingerprint density at radius 3 is 2.56 bits per heavy atom. The van der Waals surface area contributed by atoms with E-state index in [1.54, 1.807) is 12.1 Å². The number of nitrogens with zero attached hydrogens (tertiary/aromatic N) is 1. The highest BCUT2D eigenvalue weighted by Gasteiger charge is 2.12. The molecule has 0 aliphatic rings. The molecule has 1 heterocycles. The summed E-state index contributed by atoms with van der Waals surface area (Å²) in [4.78, 5) is 15.5. The third kappa shape index (κ3) is 4.73. The summed E-state index contributed by atoms with van der Waals surface area (Å²) in [6.45, 7) is 9.17. The van der Waals surface area contributed by atoms with E-state index in [1.165, 1.54) is 0 Å². The monoisotopic (exact) mass is 250 g/mol. The van der Waals surface area contributed by atoms with Crippen molar-refractivity contribution in [1.29, 1.82) is 0 Å². The SMILES string of the molecule is CCCc1cc(C(=O)O)cc(NCC(C)(C)C)n1. The normalized spacial score (nSPS) is 11.3. The number of anilines is 1. The van der Waals surface area contributed by atoms with Crippen LogP contribution in [0.5, 0.6) is 0 Å². The number of hydrogen-bond acceptors (Lipinski definition) is 3. The molecule has 0 spiro atoms. The van der Waals surface area contributed by atoms with Gasteiger partial charge in [-0.05, 0) is 24.0 Å². The van der Waals surface area contributed by atoms with Crippen LogP contribution in [0.4, 0.5) is 5.82 Å². The molecule has 4 heteroatoms. The maximum Gasteiger partial charge on any atom is 0.335 e. The van der Waals surface area contributed by atoms with Gasteiger partial charge in [0, 0.05) is 12.2 Å². The van der Waals surface area contributed by atoms with Crippen LogP contribution in [0.25, 0.3) is 0 Å². The van der Waals surface area contributed by atoms with Gasteiger partial charge in [0.15, 0.2) is 0 Å². The number of carboxylic acid groups (broad SMARTS) is 1. The molecule has 4 nitrogen and oxygen atoms in total. The van der Waals surface area contributed by atoms with Gasteiger partial charge in [0.2, 0.25) is 0 Å². The Labute approximate surface area is 108 Å². The number of aromatic nitrogens is 1. The summed E-state index contributed by atoms with van der Waals surface area (Å²) in [6, 6.07) is 3.24. The third-order valence-corrected chi connectivity index (χ3v) is 2.43. The van der Waals surface area contributed by atoms with E-state index in [-0.39, 0.29) is 5.41 Å². The molecule has 0 saturated heterocycles. The topological polar surface area (TPSA) is 62.2 Å². The molecule has 0 aromatic carbocycles. The predicted octanol–water partition coefficient (Wildman–Crippen LogP) is 3.19. The van der Waals surface area contributed by atoms with Crippen molar-refractivity contribution in [3.8, 4) is 0 Å². The lowest BCUT2D eigenvalue weighted by Crippen LogP contribution is -2.20. The molecule has 0 atom stereocenters. The van der Waals surface area contributed by atoms with Crippen molar-refractivity contribution >= 4 is 11.8 Å². The van der Waals surface area contributed by atoms with Crippen LogP contribution in [0.1, 0.15) is 50.2 Å². The number of carboxylic acids is 1. The van der Waals surface area contributed by atoms with Crippen LogP contribution >= 0.6 is 0 Å². The van der Waals surface area contributed by atoms with Crippen LogP contribution < -0.4 is 5.32 Å². The minimum absolute atomic E-state index is 0.131. The van der Waals surface area contributed by atoms with Crippen molar-refractivity contribution in [2.24, 2.45) is 5.41 Å². The summed E-state index contributed by atoms with van der Waals surface area (Å²) in [5, 5.41) is 12.3. The number of rotatable bonds is 5. The molecule has 2 N–H and O–H groups in total. The van der Waals surface area contributed by atoms with E-state index < -0.39 is 5.97 Å². The minimum Gasteiger partial charge on any atom is -0.478 e. The average molecular weight is 250 g/mol. The zero-order valence-electron chi connectivity index (χ0n) is 11.6. The first kappa shape index (κ1) is 14.5. The molecule has 0 saturated carbocycles. The Morgan fingerprint density at radius 1 is 1.39 bits per heavy atom. The maximum absolute atomic E-state index is 11.1. The molecule has 1 aromatic heterocycles. The third-order valence-electron chi connectivity index (χ3n) is 2.43. The molecule has 18 heavy (non-hydrogen) atoms. The molecule has 0 aliphatic heterocycles. The van der Waals surface area contributed by atoms with Gasteiger partial charge in [-0.25, -0.2) is 9.78 Å². The van der Waals surface area contributed by atoms with E-state index in [0.717, 1.165) is 25.1 Å². The number of nitrogens with one attached hydrogen (secondary N) is 1. The molecule has 0 bridgehead atoms. The molecule has 1 rings (SSSR count). The number of aromatic carboxylic acids is 1. The molecule has 100 valence electrons. The highest BCUT2D eigenvalue weighted by atomic mass is 16.4. The summed E-state index contributed by atoms with van der Waals surface area (Å²) in [5.74, 6) is -0.262. The zero-order valence-corrected chi connectivity index (χ0v) is 11.6. The van der Waals surface area contributed by atoms with Crippen LogP contribution in [0, 0.1) is 5.41 Å². The Hall–Kier alpha value is -1.58. The van der Waals surface area contributed by atoms with Gasteiger partial charge in [-0.2, -0.15) is 0 Å². The second-order valence-electron chi connectivity index (χ2n) is 5.70. The van der Waals surface area contributed by atoms with Gasteiger partial charge in [-0.3, -0.25) is 0 Å². The predicted molar refractivity (Wildman–Crippen MR) is 73.1 cm³/mol. The van der Waals surface area contributed by atoms with Crippen molar-refractivity contribution in [1.82, 2.24) is 4.98 Å². The lowest BCUT2D eigenvalue weighted by atomic mass is 9.97. The number of aryl methyl sites for hydroxylation is 1. The first-order valence-electron chi connectivity index (χ1n) is 6.30. The van der Waals surface area contributed by atoms with E-state index in [0.29, 0.717) is 11.4 Å². The summed E-state index contributed by atoms with van der Waals surface area (Å²) in [6.07, 6.45) is 1.75. The van der Waals surface area contributed by atoms with Crippen molar-refractivity contribution in [2.45, 2.75) is 40.5 Å². The number of hydrogen-bond donors (Lipinski definition) is 2. The standard InChI is InChI=1S/C14H22N2O2/c1-5-6-11-7-10(13(17)18)8-12(16-11)15-9-14(2,3)4/h7-8H,5-6,9H2,1-4H3,(H,15,16)(H,17,18). The minimum atomic E-state index is -0.909. The van der Waals surface area contributed by atoms with Crippen LogP contribution in [0.15, 0.2) is 12.1 Å². The highest BCUT2D eigenvalue weighted by molar-refractivity contribution is 5.88. The Balaban J connectivity index is 2.92. The summed E-state index contributed by atoms with van der Waals surface area (Å²) in [7, 11) is 0. The largest absolute Gasteiger partial charge is 0.478 e. The van der Waals surface area contributed by atoms with E-state index in [9.17, 15) is 4.79 Å². The van der Waals surface area contributed by atoms with Gasteiger partial charge in [-0.1, -0.05) is 34.1 Å². The fourth-order valence-electron chi connectivity index (χ4n) is 1.54. The Bertz CT molecular complexity index is 422. The lowest BCUT2D eigenvalue weighted by Gasteiger charge is -2.19. The molecule has 0 fully saturated rings. The summed E-state index contributed by atoms with van der Waals surface area (Å²) in [5.41, 5.74) is 1.25. The first-order valence-corrected chi connectivity index (χ1v) is 6.30. The summed E-state index contributed by atoms with van der Waals surface area (Å²) < 4.78 is 0. The zero-order chi connectivity index (χ0) is 13.8. The van der Waals surface area contributed by atoms with Crippen LogP contribution in [0.3, 0.4) is 0 Å². The second-order valence-corrected chi connectivity index (χ2v) is 5.70. The quantitative estimate of drug-likeness (QED) is 0.842. The van der Waals surface area contributed by atoms with E-state index >= 15 is 0 Å². The maximum atomic E-state index is 11.1. The molecule has 0 radical (unpaired) electrons. The van der Waals surface area contributed by atoms with E-state index in [4.69, 9.17) is 5.11 Å². The van der Waals surface area contributed by atoms with Crippen molar-refractivity contribution in [3.63, 3.8) is 0 Å². The van der Waals surface area contributed by atoms with Crippen LogP contribution in [0.2, 0.25) is 0 Å². The molecular weight excluding hydrogens is 228 g/mol. The molecule has 0 aliphatic carbocycles. The van der Waals surface area contributed by atoms with Gasteiger partial charge in [0.1, 0.15) is 5.82 Å². The van der Waals surface area contributed by atoms with Gasteiger partial charge in [0.25, 0.3) is 0 Å². The van der Waals surface area contributed by atoms with Crippen molar-refractivity contribution < 1.29 is 9.90 Å². The number of carbonyl (C=O) groups is 1. The van der Waals surface area contributed by atoms with Gasteiger partial charge >= 0.3 is 5.97 Å². The van der Waals surface area contributed by atoms with Gasteiger partial charge < -0.3 is 10.4 Å². The summed E-state index contributed by atoms with van der Waals surface area (Å²) >= 11 is 0. The van der Waals surface area contributed by atoms with Crippen molar-refractivity contribution in [2.75, 3.05) is 11.9 Å². The molecular formula is C14H22N2O2. The average Bonchev–Trinajstić information content (AvgIpc) is 2.25. The molecule has 0 amide bonds. The number of pyridine rings is 1. The first-order chi connectivity index (χ1) is 8.31. The van der Waals surface area contributed by atoms with Crippen LogP contribution in [-0.4, -0.2) is 22.6 Å².